The minimum Gasteiger partial charge on any atom is -0.422 e. The zero-order valence-corrected chi connectivity index (χ0v) is 16.5. The molecule has 5 nitrogen and oxygen atoms in total. The van der Waals surface area contributed by atoms with E-state index < -0.39 is 11.5 Å². The van der Waals surface area contributed by atoms with Gasteiger partial charge in [0.25, 0.3) is 5.91 Å². The van der Waals surface area contributed by atoms with E-state index in [1.807, 2.05) is 18.2 Å². The SMILES string of the molecule is CCCc1c(C(C)C)ccc2cc(C(=O)Nc3ccc(CN)cc3)c(=O)oc12. The van der Waals surface area contributed by atoms with Crippen molar-refractivity contribution in [2.45, 2.75) is 46.1 Å². The third kappa shape index (κ3) is 3.99. The van der Waals surface area contributed by atoms with Crippen molar-refractivity contribution >= 4 is 22.6 Å². The van der Waals surface area contributed by atoms with Gasteiger partial charge < -0.3 is 15.5 Å². The van der Waals surface area contributed by atoms with E-state index >= 15 is 0 Å². The Bertz CT molecular complexity index is 1050. The molecule has 0 aliphatic heterocycles. The topological polar surface area (TPSA) is 85.3 Å². The summed E-state index contributed by atoms with van der Waals surface area (Å²) in [5, 5.41) is 3.50. The first-order valence-corrected chi connectivity index (χ1v) is 9.64. The second-order valence-corrected chi connectivity index (χ2v) is 7.26. The van der Waals surface area contributed by atoms with Gasteiger partial charge in [-0.3, -0.25) is 4.79 Å². The van der Waals surface area contributed by atoms with Crippen molar-refractivity contribution in [1.29, 1.82) is 0 Å². The van der Waals surface area contributed by atoms with Gasteiger partial charge in [0.05, 0.1) is 0 Å². The number of aryl methyl sites for hydroxylation is 1. The third-order valence-electron chi connectivity index (χ3n) is 4.86. The van der Waals surface area contributed by atoms with Crippen LogP contribution in [0.25, 0.3) is 11.0 Å². The first-order valence-electron chi connectivity index (χ1n) is 9.64. The molecule has 3 N–H and O–H groups in total. The Morgan fingerprint density at radius 1 is 1.14 bits per heavy atom. The summed E-state index contributed by atoms with van der Waals surface area (Å²) in [5.74, 6) is -0.156. The quantitative estimate of drug-likeness (QED) is 0.615. The summed E-state index contributed by atoms with van der Waals surface area (Å²) in [4.78, 5) is 25.2. The first-order chi connectivity index (χ1) is 13.4. The third-order valence-corrected chi connectivity index (χ3v) is 4.86. The molecule has 0 aliphatic carbocycles. The van der Waals surface area contributed by atoms with Crippen LogP contribution in [0.15, 0.2) is 51.7 Å². The summed E-state index contributed by atoms with van der Waals surface area (Å²) in [6.45, 7) is 6.77. The van der Waals surface area contributed by atoms with Crippen LogP contribution in [-0.4, -0.2) is 5.91 Å². The van der Waals surface area contributed by atoms with Gasteiger partial charge in [-0.2, -0.15) is 0 Å². The number of hydrogen-bond donors (Lipinski definition) is 2. The molecule has 146 valence electrons. The number of carbonyl (C=O) groups is 1. The summed E-state index contributed by atoms with van der Waals surface area (Å²) in [6.07, 6.45) is 1.77. The smallest absolute Gasteiger partial charge is 0.349 e. The highest BCUT2D eigenvalue weighted by atomic mass is 16.4. The van der Waals surface area contributed by atoms with E-state index in [9.17, 15) is 9.59 Å². The molecule has 0 radical (unpaired) electrons. The number of benzene rings is 2. The fraction of sp³-hybridized carbons (Fsp3) is 0.304. The van der Waals surface area contributed by atoms with E-state index in [1.54, 1.807) is 18.2 Å². The Morgan fingerprint density at radius 3 is 2.46 bits per heavy atom. The van der Waals surface area contributed by atoms with Crippen molar-refractivity contribution in [3.63, 3.8) is 0 Å². The van der Waals surface area contributed by atoms with Gasteiger partial charge in [-0.15, -0.1) is 0 Å². The van der Waals surface area contributed by atoms with E-state index in [0.717, 1.165) is 29.4 Å². The van der Waals surface area contributed by atoms with Gasteiger partial charge in [-0.1, -0.05) is 51.5 Å². The van der Waals surface area contributed by atoms with Crippen LogP contribution in [-0.2, 0) is 13.0 Å². The maximum Gasteiger partial charge on any atom is 0.349 e. The van der Waals surface area contributed by atoms with Crippen LogP contribution in [0.5, 0.6) is 0 Å². The van der Waals surface area contributed by atoms with E-state index in [1.165, 1.54) is 5.56 Å². The van der Waals surface area contributed by atoms with Crippen LogP contribution in [0.3, 0.4) is 0 Å². The average Bonchev–Trinajstić information content (AvgIpc) is 2.68. The van der Waals surface area contributed by atoms with Crippen LogP contribution >= 0.6 is 0 Å². The molecular formula is C23H26N2O3. The second-order valence-electron chi connectivity index (χ2n) is 7.26. The fourth-order valence-electron chi connectivity index (χ4n) is 3.39. The van der Waals surface area contributed by atoms with Gasteiger partial charge in [0.1, 0.15) is 11.1 Å². The van der Waals surface area contributed by atoms with E-state index in [4.69, 9.17) is 10.2 Å². The van der Waals surface area contributed by atoms with Gasteiger partial charge >= 0.3 is 5.63 Å². The zero-order valence-electron chi connectivity index (χ0n) is 16.5. The van der Waals surface area contributed by atoms with E-state index in [2.05, 4.69) is 32.2 Å². The van der Waals surface area contributed by atoms with Crippen LogP contribution in [0.2, 0.25) is 0 Å². The minimum atomic E-state index is -0.623. The summed E-state index contributed by atoms with van der Waals surface area (Å²) in [6, 6.07) is 12.8. The molecule has 0 atom stereocenters. The highest BCUT2D eigenvalue weighted by Gasteiger charge is 2.18. The standard InChI is InChI=1S/C23H26N2O3/c1-4-5-19-18(14(2)3)11-8-16-12-20(23(27)28-21(16)19)22(26)25-17-9-6-15(13-24)7-10-17/h6-12,14H,4-5,13,24H2,1-3H3,(H,25,26). The lowest BCUT2D eigenvalue weighted by molar-refractivity contribution is 0.102. The van der Waals surface area contributed by atoms with Crippen LogP contribution in [0.4, 0.5) is 5.69 Å². The molecular weight excluding hydrogens is 352 g/mol. The molecule has 0 fully saturated rings. The molecule has 0 aliphatic rings. The van der Waals surface area contributed by atoms with Crippen molar-refractivity contribution in [2.75, 3.05) is 5.32 Å². The molecule has 0 saturated carbocycles. The maximum absolute atomic E-state index is 12.6. The molecule has 1 aromatic heterocycles. The van der Waals surface area contributed by atoms with Crippen molar-refractivity contribution in [2.24, 2.45) is 5.73 Å². The molecule has 0 bridgehead atoms. The highest BCUT2D eigenvalue weighted by Crippen LogP contribution is 2.28. The van der Waals surface area contributed by atoms with Crippen molar-refractivity contribution in [3.05, 3.63) is 75.1 Å². The molecule has 1 heterocycles. The van der Waals surface area contributed by atoms with Crippen LogP contribution in [0, 0.1) is 0 Å². The Balaban J connectivity index is 2.00. The minimum absolute atomic E-state index is 0.00449. The molecule has 5 heteroatoms. The molecule has 3 aromatic rings. The lowest BCUT2D eigenvalue weighted by atomic mass is 9.92. The predicted molar refractivity (Wildman–Crippen MR) is 113 cm³/mol. The van der Waals surface area contributed by atoms with E-state index in [0.29, 0.717) is 23.7 Å². The molecule has 28 heavy (non-hydrogen) atoms. The Labute approximate surface area is 164 Å². The summed E-state index contributed by atoms with van der Waals surface area (Å²) < 4.78 is 5.63. The van der Waals surface area contributed by atoms with Gasteiger partial charge in [0, 0.05) is 17.6 Å². The summed E-state index contributed by atoms with van der Waals surface area (Å²) >= 11 is 0. The molecule has 3 rings (SSSR count). The Morgan fingerprint density at radius 2 is 1.86 bits per heavy atom. The van der Waals surface area contributed by atoms with E-state index in [-0.39, 0.29) is 5.56 Å². The number of hydrogen-bond acceptors (Lipinski definition) is 4. The Kier molecular flexibility index (Phi) is 5.95. The summed E-state index contributed by atoms with van der Waals surface area (Å²) in [7, 11) is 0. The van der Waals surface area contributed by atoms with Crippen molar-refractivity contribution in [3.8, 4) is 0 Å². The Hall–Kier alpha value is -2.92. The zero-order chi connectivity index (χ0) is 20.3. The van der Waals surface area contributed by atoms with Gasteiger partial charge in [0.2, 0.25) is 0 Å². The largest absolute Gasteiger partial charge is 0.422 e. The van der Waals surface area contributed by atoms with Gasteiger partial charge in [-0.25, -0.2) is 4.79 Å². The van der Waals surface area contributed by atoms with Crippen LogP contribution in [0.1, 0.15) is 60.2 Å². The molecule has 0 unspecified atom stereocenters. The normalized spacial score (nSPS) is 11.2. The number of nitrogens with one attached hydrogen (secondary N) is 1. The lowest BCUT2D eigenvalue weighted by Crippen LogP contribution is -2.21. The second kappa shape index (κ2) is 8.40. The van der Waals surface area contributed by atoms with Gasteiger partial charge in [-0.05, 0) is 47.2 Å². The molecule has 2 aromatic carbocycles. The maximum atomic E-state index is 12.6. The highest BCUT2D eigenvalue weighted by molar-refractivity contribution is 6.05. The lowest BCUT2D eigenvalue weighted by Gasteiger charge is -2.14. The molecule has 0 saturated heterocycles. The number of anilines is 1. The van der Waals surface area contributed by atoms with Crippen LogP contribution < -0.4 is 16.7 Å². The molecule has 1 amide bonds. The fourth-order valence-corrected chi connectivity index (χ4v) is 3.39. The predicted octanol–water partition coefficient (Wildman–Crippen LogP) is 4.58. The summed E-state index contributed by atoms with van der Waals surface area (Å²) in [5.41, 5.74) is 9.34. The molecule has 0 spiro atoms. The van der Waals surface area contributed by atoms with Gasteiger partial charge in [0.15, 0.2) is 0 Å². The first kappa shape index (κ1) is 19.8. The number of rotatable bonds is 6. The average molecular weight is 378 g/mol. The number of nitrogens with two attached hydrogens (primary N) is 1. The number of amides is 1. The van der Waals surface area contributed by atoms with Crippen molar-refractivity contribution in [1.82, 2.24) is 0 Å². The number of fused-ring (bicyclic) bond motifs is 1. The monoisotopic (exact) mass is 378 g/mol. The number of carbonyl (C=O) groups excluding carboxylic acids is 1. The van der Waals surface area contributed by atoms with Crippen molar-refractivity contribution < 1.29 is 9.21 Å².